The van der Waals surface area contributed by atoms with E-state index < -0.39 is 0 Å². The lowest BCUT2D eigenvalue weighted by Gasteiger charge is -2.22. The van der Waals surface area contributed by atoms with Gasteiger partial charge in [0.05, 0.1) is 7.11 Å². The van der Waals surface area contributed by atoms with E-state index in [0.29, 0.717) is 29.1 Å². The van der Waals surface area contributed by atoms with Crippen LogP contribution in [0.4, 0.5) is 0 Å². The Morgan fingerprint density at radius 2 is 2.17 bits per heavy atom. The smallest absolute Gasteiger partial charge is 0.256 e. The summed E-state index contributed by atoms with van der Waals surface area (Å²) in [5.74, 6) is 0.651. The van der Waals surface area contributed by atoms with Crippen molar-refractivity contribution in [1.29, 1.82) is 0 Å². The van der Waals surface area contributed by atoms with Crippen molar-refractivity contribution in [1.82, 2.24) is 10.3 Å². The third-order valence-electron chi connectivity index (χ3n) is 4.22. The Morgan fingerprint density at radius 1 is 1.39 bits per heavy atom. The van der Waals surface area contributed by atoms with Gasteiger partial charge in [0.2, 0.25) is 5.43 Å². The summed E-state index contributed by atoms with van der Waals surface area (Å²) in [6, 6.07) is 5.17. The number of carbonyl (C=O) groups is 1. The first-order valence-electron chi connectivity index (χ1n) is 7.74. The number of pyridine rings is 1. The van der Waals surface area contributed by atoms with Gasteiger partial charge < -0.3 is 19.8 Å². The van der Waals surface area contributed by atoms with E-state index in [4.69, 9.17) is 9.47 Å². The lowest BCUT2D eigenvalue weighted by Crippen LogP contribution is -2.34. The monoisotopic (exact) mass is 316 g/mol. The van der Waals surface area contributed by atoms with Crippen molar-refractivity contribution < 1.29 is 14.3 Å². The van der Waals surface area contributed by atoms with Gasteiger partial charge in [0.25, 0.3) is 5.91 Å². The third-order valence-corrected chi connectivity index (χ3v) is 4.22. The molecule has 1 fully saturated rings. The van der Waals surface area contributed by atoms with Crippen LogP contribution in [0.15, 0.2) is 29.2 Å². The van der Waals surface area contributed by atoms with E-state index in [1.807, 2.05) is 0 Å². The fraction of sp³-hybridized carbons (Fsp3) is 0.412. The van der Waals surface area contributed by atoms with E-state index in [1.54, 1.807) is 25.3 Å². The van der Waals surface area contributed by atoms with Gasteiger partial charge in [0, 0.05) is 36.9 Å². The Labute approximate surface area is 133 Å². The van der Waals surface area contributed by atoms with Crippen LogP contribution in [-0.4, -0.2) is 37.8 Å². The first kappa shape index (κ1) is 15.6. The SMILES string of the molecule is COc1ccc2[nH]cc(C(=O)NCC3CCOCC3)c(=O)c2c1. The standard InChI is InChI=1S/C17H20N2O4/c1-22-12-2-3-15-13(8-12)16(20)14(10-18-15)17(21)19-9-11-4-6-23-7-5-11/h2-3,8,10-11H,4-7,9H2,1H3,(H,18,20)(H,19,21). The molecule has 2 aromatic rings. The molecule has 0 unspecified atom stereocenters. The second-order valence-corrected chi connectivity index (χ2v) is 5.71. The molecule has 6 heteroatoms. The molecule has 23 heavy (non-hydrogen) atoms. The molecule has 1 amide bonds. The highest BCUT2D eigenvalue weighted by molar-refractivity contribution is 5.97. The molecular formula is C17H20N2O4. The van der Waals surface area contributed by atoms with Gasteiger partial charge in [-0.1, -0.05) is 0 Å². The Bertz CT molecular complexity index is 763. The van der Waals surface area contributed by atoms with Gasteiger partial charge in [-0.3, -0.25) is 9.59 Å². The first-order chi connectivity index (χ1) is 11.2. The molecule has 0 bridgehead atoms. The van der Waals surface area contributed by atoms with Crippen molar-refractivity contribution in [2.75, 3.05) is 26.9 Å². The van der Waals surface area contributed by atoms with E-state index in [1.165, 1.54) is 6.20 Å². The molecule has 3 rings (SSSR count). The average molecular weight is 316 g/mol. The van der Waals surface area contributed by atoms with Crippen LogP contribution in [0, 0.1) is 5.92 Å². The number of nitrogens with one attached hydrogen (secondary N) is 2. The molecule has 1 saturated heterocycles. The number of H-pyrrole nitrogens is 1. The van der Waals surface area contributed by atoms with Gasteiger partial charge in [-0.05, 0) is 37.0 Å². The van der Waals surface area contributed by atoms with E-state index in [9.17, 15) is 9.59 Å². The Kier molecular flexibility index (Phi) is 4.62. The summed E-state index contributed by atoms with van der Waals surface area (Å²) in [4.78, 5) is 27.8. The van der Waals surface area contributed by atoms with Gasteiger partial charge in [-0.15, -0.1) is 0 Å². The summed E-state index contributed by atoms with van der Waals surface area (Å²) >= 11 is 0. The molecule has 2 heterocycles. The zero-order valence-corrected chi connectivity index (χ0v) is 13.1. The normalized spacial score (nSPS) is 15.5. The summed E-state index contributed by atoms with van der Waals surface area (Å²) < 4.78 is 10.4. The number of aromatic amines is 1. The fourth-order valence-corrected chi connectivity index (χ4v) is 2.78. The molecule has 0 radical (unpaired) electrons. The van der Waals surface area contributed by atoms with Gasteiger partial charge in [0.1, 0.15) is 11.3 Å². The third kappa shape index (κ3) is 3.37. The number of methoxy groups -OCH3 is 1. The molecule has 0 spiro atoms. The molecule has 122 valence electrons. The van der Waals surface area contributed by atoms with E-state index in [-0.39, 0.29) is 16.9 Å². The number of hydrogen-bond donors (Lipinski definition) is 2. The molecule has 0 atom stereocenters. The average Bonchev–Trinajstić information content (AvgIpc) is 2.60. The molecule has 1 aromatic heterocycles. The van der Waals surface area contributed by atoms with Crippen molar-refractivity contribution in [3.63, 3.8) is 0 Å². The van der Waals surface area contributed by atoms with Crippen LogP contribution in [0.25, 0.3) is 10.9 Å². The minimum atomic E-state index is -0.345. The molecule has 1 aliphatic rings. The van der Waals surface area contributed by atoms with Crippen LogP contribution in [0.5, 0.6) is 5.75 Å². The Morgan fingerprint density at radius 3 is 2.91 bits per heavy atom. The minimum absolute atomic E-state index is 0.123. The number of hydrogen-bond acceptors (Lipinski definition) is 4. The second kappa shape index (κ2) is 6.83. The van der Waals surface area contributed by atoms with Gasteiger partial charge in [0.15, 0.2) is 0 Å². The second-order valence-electron chi connectivity index (χ2n) is 5.71. The molecule has 1 aliphatic heterocycles. The predicted molar refractivity (Wildman–Crippen MR) is 87.0 cm³/mol. The summed E-state index contributed by atoms with van der Waals surface area (Å²) in [6.45, 7) is 2.03. The van der Waals surface area contributed by atoms with Crippen LogP contribution in [0.3, 0.4) is 0 Å². The summed E-state index contributed by atoms with van der Waals surface area (Å²) in [7, 11) is 1.54. The molecule has 2 N–H and O–H groups in total. The number of amides is 1. The topological polar surface area (TPSA) is 80.4 Å². The van der Waals surface area contributed by atoms with E-state index in [2.05, 4.69) is 10.3 Å². The maximum atomic E-state index is 12.5. The van der Waals surface area contributed by atoms with Crippen LogP contribution < -0.4 is 15.5 Å². The predicted octanol–water partition coefficient (Wildman–Crippen LogP) is 1.69. The molecule has 6 nitrogen and oxygen atoms in total. The highest BCUT2D eigenvalue weighted by atomic mass is 16.5. The van der Waals surface area contributed by atoms with Crippen LogP contribution >= 0.6 is 0 Å². The molecule has 0 saturated carbocycles. The quantitative estimate of drug-likeness (QED) is 0.899. The highest BCUT2D eigenvalue weighted by Crippen LogP contribution is 2.17. The zero-order valence-electron chi connectivity index (χ0n) is 13.1. The zero-order chi connectivity index (χ0) is 16.2. The van der Waals surface area contributed by atoms with Crippen molar-refractivity contribution >= 4 is 16.8 Å². The molecular weight excluding hydrogens is 296 g/mol. The first-order valence-corrected chi connectivity index (χ1v) is 7.74. The minimum Gasteiger partial charge on any atom is -0.497 e. The summed E-state index contributed by atoms with van der Waals surface area (Å²) in [5.41, 5.74) is 0.511. The van der Waals surface area contributed by atoms with Crippen molar-refractivity contribution in [3.8, 4) is 5.75 Å². The van der Waals surface area contributed by atoms with Crippen LogP contribution in [-0.2, 0) is 4.74 Å². The number of ether oxygens (including phenoxy) is 2. The lowest BCUT2D eigenvalue weighted by atomic mass is 10.0. The van der Waals surface area contributed by atoms with Gasteiger partial charge >= 0.3 is 0 Å². The van der Waals surface area contributed by atoms with Crippen LogP contribution in [0.2, 0.25) is 0 Å². The van der Waals surface area contributed by atoms with E-state index in [0.717, 1.165) is 26.1 Å². The maximum absolute atomic E-state index is 12.5. The Hall–Kier alpha value is -2.34. The Balaban J connectivity index is 1.79. The summed E-state index contributed by atoms with van der Waals surface area (Å²) in [6.07, 6.45) is 3.34. The van der Waals surface area contributed by atoms with Crippen molar-refractivity contribution in [2.24, 2.45) is 5.92 Å². The molecule has 1 aromatic carbocycles. The molecule has 0 aliphatic carbocycles. The maximum Gasteiger partial charge on any atom is 0.256 e. The van der Waals surface area contributed by atoms with Gasteiger partial charge in [-0.25, -0.2) is 0 Å². The van der Waals surface area contributed by atoms with Crippen LogP contribution in [0.1, 0.15) is 23.2 Å². The number of rotatable bonds is 4. The highest BCUT2D eigenvalue weighted by Gasteiger charge is 2.17. The van der Waals surface area contributed by atoms with Gasteiger partial charge in [-0.2, -0.15) is 0 Å². The fourth-order valence-electron chi connectivity index (χ4n) is 2.78. The largest absolute Gasteiger partial charge is 0.497 e. The number of aromatic nitrogens is 1. The van der Waals surface area contributed by atoms with Crippen molar-refractivity contribution in [2.45, 2.75) is 12.8 Å². The number of fused-ring (bicyclic) bond motifs is 1. The lowest BCUT2D eigenvalue weighted by molar-refractivity contribution is 0.0642. The van der Waals surface area contributed by atoms with E-state index >= 15 is 0 Å². The number of benzene rings is 1. The number of carbonyl (C=O) groups excluding carboxylic acids is 1. The summed E-state index contributed by atoms with van der Waals surface area (Å²) in [5, 5.41) is 3.30. The van der Waals surface area contributed by atoms with Crippen molar-refractivity contribution in [3.05, 3.63) is 40.2 Å².